The summed E-state index contributed by atoms with van der Waals surface area (Å²) in [5.74, 6) is -0.666. The summed E-state index contributed by atoms with van der Waals surface area (Å²) >= 11 is 6.03. The zero-order valence-electron chi connectivity index (χ0n) is 15.0. The molecule has 1 aliphatic rings. The number of hydrazone groups is 1. The topological polar surface area (TPSA) is 166 Å². The molecule has 0 bridgehead atoms. The third kappa shape index (κ3) is 6.45. The zero-order chi connectivity index (χ0) is 22.3. The van der Waals surface area contributed by atoms with Crippen molar-refractivity contribution in [3.63, 3.8) is 0 Å². The van der Waals surface area contributed by atoms with E-state index in [4.69, 9.17) is 16.2 Å². The average molecular weight is 521 g/mol. The molecule has 0 spiro atoms. The molecule has 16 heteroatoms. The molecule has 0 aromatic heterocycles. The first-order valence-electron chi connectivity index (χ1n) is 8.03. The molecule has 1 atom stereocenters. The van der Waals surface area contributed by atoms with E-state index in [1.807, 2.05) is 0 Å². The summed E-state index contributed by atoms with van der Waals surface area (Å²) in [4.78, 5) is 11.8. The molecule has 2 aromatic carbocycles. The molecule has 1 aliphatic heterocycles. The normalized spacial score (nSPS) is 16.5. The Bertz CT molecular complexity index is 1300. The molecule has 32 heavy (non-hydrogen) atoms. The van der Waals surface area contributed by atoms with Crippen LogP contribution in [0, 0.1) is 0 Å². The van der Waals surface area contributed by atoms with E-state index in [1.165, 1.54) is 31.2 Å². The number of carbonyl (C=O) groups is 1. The van der Waals surface area contributed by atoms with Crippen molar-refractivity contribution in [3.05, 3.63) is 47.5 Å². The van der Waals surface area contributed by atoms with Crippen LogP contribution in [0.5, 0.6) is 0 Å². The molecule has 1 heterocycles. The summed E-state index contributed by atoms with van der Waals surface area (Å²) in [5.41, 5.74) is 0.394. The SMILES string of the molecule is CC1=NN(c2cccc(S(=O)(=O)O)c2Cl)C(=O)C1/N=N/c1ccc(S(=O)(=O)O)cc1.[NaH].[NaH]. The minimum atomic E-state index is -4.61. The van der Waals surface area contributed by atoms with Crippen LogP contribution in [0.25, 0.3) is 0 Å². The molecule has 0 saturated heterocycles. The molecular weight excluding hydrogens is 506 g/mol. The number of carbonyl (C=O) groups excluding carboxylic acids is 1. The van der Waals surface area contributed by atoms with Gasteiger partial charge in [-0.1, -0.05) is 17.7 Å². The Hall–Kier alpha value is -0.710. The first kappa shape index (κ1) is 29.3. The Labute approximate surface area is 233 Å². The van der Waals surface area contributed by atoms with Gasteiger partial charge in [-0.25, -0.2) is 0 Å². The fraction of sp³-hybridized carbons (Fsp3) is 0.125. The van der Waals surface area contributed by atoms with Gasteiger partial charge in [-0.3, -0.25) is 13.9 Å². The number of benzene rings is 2. The molecule has 1 amide bonds. The number of amides is 1. The third-order valence-corrected chi connectivity index (χ3v) is 6.24. The standard InChI is InChI=1S/C16H13ClN4O7S2.2Na.2H/c1-9-15(19-18-10-5-7-11(8-6-10)29(23,24)25)16(22)21(20-9)12-3-2-4-13(14(12)17)30(26,27)28;;;;/h2-8,15H,1H3,(H,23,24,25)(H,26,27,28);;;;/b19-18+;;;;. The van der Waals surface area contributed by atoms with E-state index in [9.17, 15) is 26.2 Å². The van der Waals surface area contributed by atoms with Crippen LogP contribution in [-0.4, -0.2) is 103 Å². The van der Waals surface area contributed by atoms with E-state index in [0.29, 0.717) is 0 Å². The number of rotatable bonds is 5. The number of nitrogens with zero attached hydrogens (tertiary/aromatic N) is 4. The van der Waals surface area contributed by atoms with Gasteiger partial charge in [-0.2, -0.15) is 37.2 Å². The summed E-state index contributed by atoms with van der Waals surface area (Å²) in [7, 11) is -8.96. The first-order chi connectivity index (χ1) is 13.9. The van der Waals surface area contributed by atoms with Crippen LogP contribution in [0.15, 0.2) is 67.6 Å². The van der Waals surface area contributed by atoms with Gasteiger partial charge in [0.15, 0.2) is 6.04 Å². The molecule has 2 N–H and O–H groups in total. The molecule has 11 nitrogen and oxygen atoms in total. The Kier molecular flexibility index (Phi) is 10.2. The van der Waals surface area contributed by atoms with Crippen molar-refractivity contribution < 1.29 is 30.7 Å². The predicted octanol–water partition coefficient (Wildman–Crippen LogP) is 1.41. The van der Waals surface area contributed by atoms with Crippen molar-refractivity contribution in [2.24, 2.45) is 15.3 Å². The minimum absolute atomic E-state index is 0. The van der Waals surface area contributed by atoms with Gasteiger partial charge in [0.25, 0.3) is 26.1 Å². The van der Waals surface area contributed by atoms with Crippen molar-refractivity contribution >= 4 is 114 Å². The third-order valence-electron chi connectivity index (χ3n) is 3.97. The van der Waals surface area contributed by atoms with E-state index in [1.54, 1.807) is 0 Å². The van der Waals surface area contributed by atoms with Gasteiger partial charge in [0.05, 0.1) is 27.0 Å². The molecule has 1 unspecified atom stereocenters. The number of azo groups is 1. The van der Waals surface area contributed by atoms with Crippen LogP contribution in [0.3, 0.4) is 0 Å². The Balaban J connectivity index is 0.00000256. The van der Waals surface area contributed by atoms with Gasteiger partial charge in [0, 0.05) is 0 Å². The van der Waals surface area contributed by atoms with Gasteiger partial charge in [0.2, 0.25) is 0 Å². The first-order valence-corrected chi connectivity index (χ1v) is 11.3. The van der Waals surface area contributed by atoms with Crippen LogP contribution in [0.4, 0.5) is 11.4 Å². The van der Waals surface area contributed by atoms with Crippen LogP contribution >= 0.6 is 11.6 Å². The van der Waals surface area contributed by atoms with Crippen LogP contribution in [0.2, 0.25) is 5.02 Å². The van der Waals surface area contributed by atoms with Crippen LogP contribution < -0.4 is 5.01 Å². The summed E-state index contributed by atoms with van der Waals surface area (Å²) < 4.78 is 63.2. The van der Waals surface area contributed by atoms with Gasteiger partial charge >= 0.3 is 59.1 Å². The molecule has 0 saturated carbocycles. The molecule has 0 fully saturated rings. The van der Waals surface area contributed by atoms with Crippen LogP contribution in [-0.2, 0) is 25.0 Å². The van der Waals surface area contributed by atoms with Crippen molar-refractivity contribution in [1.29, 1.82) is 0 Å². The summed E-state index contributed by atoms with van der Waals surface area (Å²) in [6.45, 7) is 1.50. The Morgan fingerprint density at radius 3 is 2.12 bits per heavy atom. The Morgan fingerprint density at radius 2 is 1.59 bits per heavy atom. The summed E-state index contributed by atoms with van der Waals surface area (Å²) in [6.07, 6.45) is 0. The van der Waals surface area contributed by atoms with Gasteiger partial charge in [-0.05, 0) is 43.3 Å². The molecular formula is C16H15ClN4Na2O7S2. The van der Waals surface area contributed by atoms with Gasteiger partial charge < -0.3 is 0 Å². The van der Waals surface area contributed by atoms with E-state index in [-0.39, 0.29) is 86.1 Å². The predicted molar refractivity (Wildman–Crippen MR) is 121 cm³/mol. The second kappa shape index (κ2) is 11.1. The van der Waals surface area contributed by atoms with Crippen LogP contribution in [0.1, 0.15) is 6.92 Å². The van der Waals surface area contributed by atoms with Gasteiger partial charge in [-0.15, -0.1) is 0 Å². The Morgan fingerprint density at radius 1 is 1.00 bits per heavy atom. The maximum absolute atomic E-state index is 12.7. The molecule has 162 valence electrons. The van der Waals surface area contributed by atoms with E-state index in [0.717, 1.165) is 23.2 Å². The quantitative estimate of drug-likeness (QED) is 0.341. The van der Waals surface area contributed by atoms with Gasteiger partial charge in [0.1, 0.15) is 4.90 Å². The fourth-order valence-electron chi connectivity index (χ4n) is 2.53. The second-order valence-corrected chi connectivity index (χ2v) is 9.23. The zero-order valence-corrected chi connectivity index (χ0v) is 17.4. The van der Waals surface area contributed by atoms with Crippen molar-refractivity contribution in [3.8, 4) is 0 Å². The number of anilines is 1. The summed E-state index contributed by atoms with van der Waals surface area (Å²) in [6, 6.07) is 7.38. The van der Waals surface area contributed by atoms with Crippen molar-refractivity contribution in [2.45, 2.75) is 22.8 Å². The van der Waals surface area contributed by atoms with E-state index in [2.05, 4.69) is 15.3 Å². The number of hydrogen-bond donors (Lipinski definition) is 2. The monoisotopic (exact) mass is 520 g/mol. The fourth-order valence-corrected chi connectivity index (χ4v) is 4.09. The summed E-state index contributed by atoms with van der Waals surface area (Å²) in [5, 5.41) is 12.3. The molecule has 3 rings (SSSR count). The van der Waals surface area contributed by atoms with Crippen molar-refractivity contribution in [2.75, 3.05) is 5.01 Å². The average Bonchev–Trinajstić information content (AvgIpc) is 2.92. The number of hydrogen-bond acceptors (Lipinski definition) is 8. The molecule has 0 radical (unpaired) electrons. The number of halogens is 1. The molecule has 2 aromatic rings. The van der Waals surface area contributed by atoms with E-state index >= 15 is 0 Å². The van der Waals surface area contributed by atoms with Crippen molar-refractivity contribution in [1.82, 2.24) is 0 Å². The maximum atomic E-state index is 12.7. The van der Waals surface area contributed by atoms with E-state index < -0.39 is 37.1 Å². The second-order valence-electron chi connectivity index (χ2n) is 6.04. The molecule has 0 aliphatic carbocycles.